The summed E-state index contributed by atoms with van der Waals surface area (Å²) >= 11 is 0. The van der Waals surface area contributed by atoms with Gasteiger partial charge < -0.3 is 9.30 Å². The second-order valence-electron chi connectivity index (χ2n) is 6.43. The maximum atomic E-state index is 12.6. The van der Waals surface area contributed by atoms with Crippen molar-refractivity contribution in [2.45, 2.75) is 32.2 Å². The van der Waals surface area contributed by atoms with Crippen LogP contribution in [0.4, 0.5) is 4.79 Å². The van der Waals surface area contributed by atoms with Crippen LogP contribution in [0.25, 0.3) is 5.65 Å². The van der Waals surface area contributed by atoms with E-state index in [1.165, 1.54) is 17.7 Å². The molecule has 4 rings (SSSR count). The zero-order chi connectivity index (χ0) is 15.8. The van der Waals surface area contributed by atoms with Gasteiger partial charge in [-0.25, -0.2) is 9.78 Å². The van der Waals surface area contributed by atoms with Gasteiger partial charge >= 0.3 is 6.03 Å². The highest BCUT2D eigenvalue weighted by atomic mass is 16.2. The standard InChI is InChI=1S/C17H20N4O2/c22-16-7-10-19(9-6-13-4-5-13)17(23)21(16)12-14-11-20-8-2-1-3-15(20)18-14/h1-3,8,11,13H,4-7,9-10,12H2. The van der Waals surface area contributed by atoms with Gasteiger partial charge in [0.05, 0.1) is 12.2 Å². The molecule has 6 nitrogen and oxygen atoms in total. The van der Waals surface area contributed by atoms with Gasteiger partial charge in [-0.1, -0.05) is 18.9 Å². The first kappa shape index (κ1) is 14.2. The van der Waals surface area contributed by atoms with E-state index in [0.717, 1.165) is 30.2 Å². The first-order valence-corrected chi connectivity index (χ1v) is 8.22. The number of hydrogen-bond acceptors (Lipinski definition) is 3. The zero-order valence-corrected chi connectivity index (χ0v) is 13.0. The molecule has 0 N–H and O–H groups in total. The predicted octanol–water partition coefficient (Wildman–Crippen LogP) is 2.29. The van der Waals surface area contributed by atoms with Crippen molar-refractivity contribution in [1.82, 2.24) is 19.2 Å². The molecule has 2 aromatic rings. The Morgan fingerprint density at radius 1 is 1.22 bits per heavy atom. The summed E-state index contributed by atoms with van der Waals surface area (Å²) in [5.74, 6) is 0.682. The van der Waals surface area contributed by atoms with Crippen molar-refractivity contribution in [3.63, 3.8) is 0 Å². The Bertz CT molecular complexity index is 717. The summed E-state index contributed by atoms with van der Waals surface area (Å²) in [5.41, 5.74) is 1.56. The van der Waals surface area contributed by atoms with Gasteiger partial charge in [-0.3, -0.25) is 9.69 Å². The van der Waals surface area contributed by atoms with Crippen molar-refractivity contribution in [1.29, 1.82) is 0 Å². The number of fused-ring (bicyclic) bond motifs is 1. The average Bonchev–Trinajstić information content (AvgIpc) is 3.28. The van der Waals surface area contributed by atoms with E-state index in [4.69, 9.17) is 0 Å². The number of amides is 3. The van der Waals surface area contributed by atoms with E-state index >= 15 is 0 Å². The van der Waals surface area contributed by atoms with E-state index in [1.54, 1.807) is 0 Å². The molecule has 6 heteroatoms. The van der Waals surface area contributed by atoms with Crippen molar-refractivity contribution in [2.75, 3.05) is 13.1 Å². The van der Waals surface area contributed by atoms with Gasteiger partial charge in [-0.05, 0) is 24.5 Å². The Morgan fingerprint density at radius 2 is 2.09 bits per heavy atom. The summed E-state index contributed by atoms with van der Waals surface area (Å²) in [5, 5.41) is 0. The van der Waals surface area contributed by atoms with Crippen LogP contribution in [-0.4, -0.2) is 44.2 Å². The number of nitrogens with zero attached hydrogens (tertiary/aromatic N) is 4. The number of carbonyl (C=O) groups is 2. The number of urea groups is 1. The number of aromatic nitrogens is 2. The predicted molar refractivity (Wildman–Crippen MR) is 84.7 cm³/mol. The van der Waals surface area contributed by atoms with E-state index in [0.29, 0.717) is 13.0 Å². The normalized spacial score (nSPS) is 19.0. The van der Waals surface area contributed by atoms with Gasteiger partial charge in [0.1, 0.15) is 5.65 Å². The lowest BCUT2D eigenvalue weighted by Crippen LogP contribution is -2.52. The average molecular weight is 312 g/mol. The molecule has 0 atom stereocenters. The number of imide groups is 1. The highest BCUT2D eigenvalue weighted by molar-refractivity contribution is 5.96. The summed E-state index contributed by atoms with van der Waals surface area (Å²) in [6, 6.07) is 5.59. The SMILES string of the molecule is O=C1CCN(CCC2CC2)C(=O)N1Cc1cn2ccccc2n1. The first-order chi connectivity index (χ1) is 11.2. The van der Waals surface area contributed by atoms with Gasteiger partial charge in [0.2, 0.25) is 5.91 Å². The molecule has 1 aliphatic carbocycles. The van der Waals surface area contributed by atoms with E-state index < -0.39 is 0 Å². The minimum absolute atomic E-state index is 0.102. The van der Waals surface area contributed by atoms with Crippen molar-refractivity contribution in [3.8, 4) is 0 Å². The summed E-state index contributed by atoms with van der Waals surface area (Å²) < 4.78 is 1.90. The molecule has 2 fully saturated rings. The monoisotopic (exact) mass is 312 g/mol. The number of hydrogen-bond donors (Lipinski definition) is 0. The Kier molecular flexibility index (Phi) is 3.52. The molecule has 2 aromatic heterocycles. The minimum atomic E-state index is -0.168. The fourth-order valence-electron chi connectivity index (χ4n) is 3.07. The molecule has 0 unspecified atom stereocenters. The Balaban J connectivity index is 1.48. The lowest BCUT2D eigenvalue weighted by molar-refractivity contribution is -0.131. The fourth-order valence-corrected chi connectivity index (χ4v) is 3.07. The van der Waals surface area contributed by atoms with Crippen LogP contribution < -0.4 is 0 Å². The molecular weight excluding hydrogens is 292 g/mol. The number of imidazole rings is 1. The van der Waals surface area contributed by atoms with Crippen molar-refractivity contribution in [3.05, 3.63) is 36.3 Å². The van der Waals surface area contributed by atoms with Crippen LogP contribution >= 0.6 is 0 Å². The third-order valence-electron chi connectivity index (χ3n) is 4.64. The summed E-state index contributed by atoms with van der Waals surface area (Å²) in [6.45, 7) is 1.56. The quantitative estimate of drug-likeness (QED) is 0.851. The Labute approximate surface area is 134 Å². The van der Waals surface area contributed by atoms with Crippen LogP contribution in [0.2, 0.25) is 0 Å². The van der Waals surface area contributed by atoms with Crippen LogP contribution in [-0.2, 0) is 11.3 Å². The van der Waals surface area contributed by atoms with Gasteiger partial charge in [-0.15, -0.1) is 0 Å². The van der Waals surface area contributed by atoms with E-state index in [9.17, 15) is 9.59 Å². The lowest BCUT2D eigenvalue weighted by Gasteiger charge is -2.33. The number of rotatable bonds is 5. The summed E-state index contributed by atoms with van der Waals surface area (Å²) in [4.78, 5) is 32.4. The maximum absolute atomic E-state index is 12.6. The molecule has 3 heterocycles. The molecule has 3 amide bonds. The molecule has 1 saturated carbocycles. The largest absolute Gasteiger partial charge is 0.327 e. The van der Waals surface area contributed by atoms with Crippen LogP contribution in [0, 0.1) is 5.92 Å². The molecular formula is C17H20N4O2. The molecule has 120 valence electrons. The van der Waals surface area contributed by atoms with Crippen LogP contribution in [0.5, 0.6) is 0 Å². The topological polar surface area (TPSA) is 57.9 Å². The lowest BCUT2D eigenvalue weighted by atomic mass is 10.2. The maximum Gasteiger partial charge on any atom is 0.327 e. The highest BCUT2D eigenvalue weighted by Crippen LogP contribution is 2.32. The van der Waals surface area contributed by atoms with E-state index in [2.05, 4.69) is 4.98 Å². The third-order valence-corrected chi connectivity index (χ3v) is 4.64. The fraction of sp³-hybridized carbons (Fsp3) is 0.471. The van der Waals surface area contributed by atoms with Crippen LogP contribution in [0.1, 0.15) is 31.4 Å². The summed E-state index contributed by atoms with van der Waals surface area (Å²) in [7, 11) is 0. The van der Waals surface area contributed by atoms with Crippen LogP contribution in [0.3, 0.4) is 0 Å². The molecule has 2 aliphatic rings. The second-order valence-corrected chi connectivity index (χ2v) is 6.43. The number of carbonyl (C=O) groups excluding carboxylic acids is 2. The second kappa shape index (κ2) is 5.68. The molecule has 0 spiro atoms. The van der Waals surface area contributed by atoms with Gasteiger partial charge in [-0.2, -0.15) is 0 Å². The van der Waals surface area contributed by atoms with E-state index in [1.807, 2.05) is 39.9 Å². The van der Waals surface area contributed by atoms with Gasteiger partial charge in [0.15, 0.2) is 0 Å². The molecule has 1 saturated heterocycles. The molecule has 0 bridgehead atoms. The molecule has 1 aliphatic heterocycles. The molecule has 0 radical (unpaired) electrons. The Hall–Kier alpha value is -2.37. The van der Waals surface area contributed by atoms with Crippen molar-refractivity contribution in [2.24, 2.45) is 5.92 Å². The zero-order valence-electron chi connectivity index (χ0n) is 13.0. The molecule has 23 heavy (non-hydrogen) atoms. The van der Waals surface area contributed by atoms with Crippen molar-refractivity contribution < 1.29 is 9.59 Å². The summed E-state index contributed by atoms with van der Waals surface area (Å²) in [6.07, 6.45) is 7.82. The smallest absolute Gasteiger partial charge is 0.324 e. The van der Waals surface area contributed by atoms with E-state index in [-0.39, 0.29) is 18.5 Å². The Morgan fingerprint density at radius 3 is 2.87 bits per heavy atom. The minimum Gasteiger partial charge on any atom is -0.324 e. The first-order valence-electron chi connectivity index (χ1n) is 8.22. The van der Waals surface area contributed by atoms with Crippen molar-refractivity contribution >= 4 is 17.6 Å². The highest BCUT2D eigenvalue weighted by Gasteiger charge is 2.33. The van der Waals surface area contributed by atoms with Gasteiger partial charge in [0, 0.05) is 31.9 Å². The molecule has 0 aromatic carbocycles. The van der Waals surface area contributed by atoms with Gasteiger partial charge in [0.25, 0.3) is 0 Å². The third kappa shape index (κ3) is 2.93. The van der Waals surface area contributed by atoms with Crippen LogP contribution in [0.15, 0.2) is 30.6 Å². The number of pyridine rings is 1.